The minimum absolute atomic E-state index is 0.194. The van der Waals surface area contributed by atoms with Gasteiger partial charge in [-0.25, -0.2) is 4.79 Å². The minimum atomic E-state index is -4.57. The summed E-state index contributed by atoms with van der Waals surface area (Å²) in [6.45, 7) is 1.77. The van der Waals surface area contributed by atoms with Gasteiger partial charge in [0.15, 0.2) is 6.61 Å². The molecule has 0 aliphatic carbocycles. The van der Waals surface area contributed by atoms with Crippen LogP contribution in [0.2, 0.25) is 0 Å². The molecular weight excluding hydrogens is 269 g/mol. The van der Waals surface area contributed by atoms with Crippen LogP contribution < -0.4 is 5.32 Å². The average Bonchev–Trinajstić information content (AvgIpc) is 2.50. The topological polar surface area (TPSA) is 62.1 Å². The Morgan fingerprint density at radius 1 is 1.50 bits per heavy atom. The molecule has 1 aromatic heterocycles. The van der Waals surface area contributed by atoms with Gasteiger partial charge in [0, 0.05) is 4.88 Å². The van der Waals surface area contributed by atoms with Gasteiger partial charge in [0.1, 0.15) is 11.1 Å². The van der Waals surface area contributed by atoms with Crippen LogP contribution in [0.5, 0.6) is 0 Å². The maximum absolute atomic E-state index is 11.8. The zero-order chi connectivity index (χ0) is 13.9. The summed E-state index contributed by atoms with van der Waals surface area (Å²) in [5.41, 5.74) is 0.926. The maximum atomic E-state index is 11.8. The highest BCUT2D eigenvalue weighted by molar-refractivity contribution is 7.16. The van der Waals surface area contributed by atoms with Crippen molar-refractivity contribution >= 4 is 22.4 Å². The van der Waals surface area contributed by atoms with E-state index in [1.165, 1.54) is 0 Å². The summed E-state index contributed by atoms with van der Waals surface area (Å²) in [6, 6.07) is 1.88. The Hall–Kier alpha value is -1.75. The number of amides is 1. The van der Waals surface area contributed by atoms with E-state index in [2.05, 4.69) is 10.1 Å². The van der Waals surface area contributed by atoms with E-state index in [4.69, 9.17) is 5.26 Å². The Labute approximate surface area is 105 Å². The van der Waals surface area contributed by atoms with Gasteiger partial charge in [0.25, 0.3) is 0 Å². The summed E-state index contributed by atoms with van der Waals surface area (Å²) in [5.74, 6) is 0. The molecule has 0 radical (unpaired) electrons. The molecule has 0 aliphatic rings. The number of carbonyl (C=O) groups excluding carboxylic acids is 1. The molecule has 1 aromatic rings. The fourth-order valence-corrected chi connectivity index (χ4v) is 2.12. The number of nitriles is 1. The van der Waals surface area contributed by atoms with Crippen molar-refractivity contribution in [1.82, 2.24) is 0 Å². The summed E-state index contributed by atoms with van der Waals surface area (Å²) in [6.07, 6.45) is -5.80. The van der Waals surface area contributed by atoms with E-state index < -0.39 is 18.9 Å². The zero-order valence-corrected chi connectivity index (χ0v) is 10.3. The van der Waals surface area contributed by atoms with Crippen molar-refractivity contribution in [3.8, 4) is 6.07 Å². The van der Waals surface area contributed by atoms with Crippen LogP contribution in [0.4, 0.5) is 23.0 Å². The fourth-order valence-electron chi connectivity index (χ4n) is 1.13. The first-order valence-electron chi connectivity index (χ1n) is 4.75. The molecular formula is C10H9F3N2O2S. The predicted octanol–water partition coefficient (Wildman–Crippen LogP) is 3.35. The SMILES string of the molecule is Cc1sc(NC(=O)OCC(F)(F)F)c(C#N)c1C. The molecule has 1 N–H and O–H groups in total. The third kappa shape index (κ3) is 3.63. The second-order valence-electron chi connectivity index (χ2n) is 3.42. The van der Waals surface area contributed by atoms with E-state index in [1.54, 1.807) is 13.8 Å². The number of carbonyl (C=O) groups is 1. The van der Waals surface area contributed by atoms with Crippen LogP contribution in [-0.2, 0) is 4.74 Å². The van der Waals surface area contributed by atoms with Crippen LogP contribution in [-0.4, -0.2) is 18.9 Å². The molecule has 18 heavy (non-hydrogen) atoms. The third-order valence-electron chi connectivity index (χ3n) is 2.08. The number of alkyl halides is 3. The molecule has 4 nitrogen and oxygen atoms in total. The number of nitrogens with one attached hydrogen (secondary N) is 1. The van der Waals surface area contributed by atoms with Crippen LogP contribution >= 0.6 is 11.3 Å². The lowest BCUT2D eigenvalue weighted by atomic mass is 10.2. The number of nitrogens with zero attached hydrogens (tertiary/aromatic N) is 1. The lowest BCUT2D eigenvalue weighted by molar-refractivity contribution is -0.159. The number of hydrogen-bond donors (Lipinski definition) is 1. The number of rotatable bonds is 2. The Kier molecular flexibility index (Phi) is 4.19. The van der Waals surface area contributed by atoms with Gasteiger partial charge in [-0.1, -0.05) is 0 Å². The van der Waals surface area contributed by atoms with Crippen LogP contribution in [0.15, 0.2) is 0 Å². The van der Waals surface area contributed by atoms with Crippen molar-refractivity contribution in [2.45, 2.75) is 20.0 Å². The predicted molar refractivity (Wildman–Crippen MR) is 59.5 cm³/mol. The zero-order valence-electron chi connectivity index (χ0n) is 9.51. The van der Waals surface area contributed by atoms with Gasteiger partial charge in [-0.2, -0.15) is 18.4 Å². The van der Waals surface area contributed by atoms with Crippen LogP contribution in [0, 0.1) is 25.2 Å². The van der Waals surface area contributed by atoms with E-state index in [9.17, 15) is 18.0 Å². The van der Waals surface area contributed by atoms with Gasteiger partial charge >= 0.3 is 12.3 Å². The third-order valence-corrected chi connectivity index (χ3v) is 3.20. The van der Waals surface area contributed by atoms with Crippen LogP contribution in [0.25, 0.3) is 0 Å². The molecule has 0 saturated heterocycles. The Balaban J connectivity index is 2.72. The number of ether oxygens (including phenoxy) is 1. The molecule has 1 heterocycles. The van der Waals surface area contributed by atoms with Gasteiger partial charge in [0.05, 0.1) is 5.56 Å². The van der Waals surface area contributed by atoms with Crippen molar-refractivity contribution in [2.75, 3.05) is 11.9 Å². The summed E-state index contributed by atoms with van der Waals surface area (Å²) in [7, 11) is 0. The molecule has 0 atom stereocenters. The molecule has 8 heteroatoms. The summed E-state index contributed by atoms with van der Waals surface area (Å²) < 4.78 is 39.4. The van der Waals surface area contributed by atoms with Crippen molar-refractivity contribution in [2.24, 2.45) is 0 Å². The Bertz CT molecular complexity index is 502. The molecule has 0 bridgehead atoms. The minimum Gasteiger partial charge on any atom is -0.440 e. The second-order valence-corrected chi connectivity index (χ2v) is 4.64. The first-order chi connectivity index (χ1) is 8.24. The van der Waals surface area contributed by atoms with Crippen molar-refractivity contribution in [3.63, 3.8) is 0 Å². The number of hydrogen-bond acceptors (Lipinski definition) is 4. The van der Waals surface area contributed by atoms with E-state index in [0.29, 0.717) is 5.56 Å². The van der Waals surface area contributed by atoms with Gasteiger partial charge in [-0.15, -0.1) is 11.3 Å². The summed E-state index contributed by atoms with van der Waals surface area (Å²) >= 11 is 1.11. The van der Waals surface area contributed by atoms with Crippen LogP contribution in [0.1, 0.15) is 16.0 Å². The number of thiophene rings is 1. The van der Waals surface area contributed by atoms with E-state index in [-0.39, 0.29) is 10.6 Å². The maximum Gasteiger partial charge on any atom is 0.422 e. The Morgan fingerprint density at radius 3 is 2.61 bits per heavy atom. The van der Waals surface area contributed by atoms with Crippen LogP contribution in [0.3, 0.4) is 0 Å². The van der Waals surface area contributed by atoms with E-state index >= 15 is 0 Å². The smallest absolute Gasteiger partial charge is 0.422 e. The second kappa shape index (κ2) is 5.27. The van der Waals surface area contributed by atoms with E-state index in [0.717, 1.165) is 16.2 Å². The van der Waals surface area contributed by atoms with Gasteiger partial charge in [0.2, 0.25) is 0 Å². The monoisotopic (exact) mass is 278 g/mol. The first kappa shape index (κ1) is 14.3. The van der Waals surface area contributed by atoms with Gasteiger partial charge in [-0.3, -0.25) is 5.32 Å². The van der Waals surface area contributed by atoms with E-state index in [1.807, 2.05) is 6.07 Å². The highest BCUT2D eigenvalue weighted by Gasteiger charge is 2.29. The number of halogens is 3. The molecule has 0 fully saturated rings. The highest BCUT2D eigenvalue weighted by atomic mass is 32.1. The first-order valence-corrected chi connectivity index (χ1v) is 5.57. The fraction of sp³-hybridized carbons (Fsp3) is 0.400. The quantitative estimate of drug-likeness (QED) is 0.902. The average molecular weight is 278 g/mol. The summed E-state index contributed by atoms with van der Waals surface area (Å²) in [4.78, 5) is 11.9. The molecule has 0 saturated carbocycles. The standard InChI is InChI=1S/C10H9F3N2O2S/c1-5-6(2)18-8(7(5)3-14)15-9(16)17-4-10(11,12)13/h4H2,1-2H3,(H,15,16). The molecule has 0 unspecified atom stereocenters. The lowest BCUT2D eigenvalue weighted by Gasteiger charge is -2.08. The molecule has 1 rings (SSSR count). The van der Waals surface area contributed by atoms with Gasteiger partial charge in [-0.05, 0) is 19.4 Å². The van der Waals surface area contributed by atoms with Crippen molar-refractivity contribution < 1.29 is 22.7 Å². The molecule has 0 aliphatic heterocycles. The van der Waals surface area contributed by atoms with Crippen molar-refractivity contribution in [3.05, 3.63) is 16.0 Å². The number of aryl methyl sites for hydroxylation is 1. The molecule has 98 valence electrons. The molecule has 0 spiro atoms. The molecule has 1 amide bonds. The largest absolute Gasteiger partial charge is 0.440 e. The summed E-state index contributed by atoms with van der Waals surface area (Å²) in [5, 5.41) is 11.2. The Morgan fingerprint density at radius 2 is 2.11 bits per heavy atom. The number of anilines is 1. The molecule has 0 aromatic carbocycles. The normalized spacial score (nSPS) is 10.9. The highest BCUT2D eigenvalue weighted by Crippen LogP contribution is 2.31. The lowest BCUT2D eigenvalue weighted by Crippen LogP contribution is -2.23. The van der Waals surface area contributed by atoms with Crippen molar-refractivity contribution in [1.29, 1.82) is 5.26 Å². The van der Waals surface area contributed by atoms with Gasteiger partial charge < -0.3 is 4.74 Å².